The van der Waals surface area contributed by atoms with E-state index in [2.05, 4.69) is 18.7 Å². The molecule has 0 bridgehead atoms. The molecule has 3 atom stereocenters. The van der Waals surface area contributed by atoms with Gasteiger partial charge in [0.25, 0.3) is 0 Å². The highest BCUT2D eigenvalue weighted by atomic mass is 16.1. The van der Waals surface area contributed by atoms with Crippen LogP contribution in [0.1, 0.15) is 46.0 Å². The Hall–Kier alpha value is -0.370. The molecule has 1 aliphatic carbocycles. The Morgan fingerprint density at radius 3 is 2.47 bits per heavy atom. The monoisotopic (exact) mass is 209 g/mol. The summed E-state index contributed by atoms with van der Waals surface area (Å²) < 4.78 is 0. The molecule has 0 radical (unpaired) electrons. The quantitative estimate of drug-likeness (QED) is 0.661. The Morgan fingerprint density at radius 2 is 1.87 bits per heavy atom. The summed E-state index contributed by atoms with van der Waals surface area (Å²) in [4.78, 5) is 14.0. The van der Waals surface area contributed by atoms with Crippen LogP contribution in [0.3, 0.4) is 0 Å². The zero-order chi connectivity index (χ0) is 10.8. The molecule has 1 aliphatic heterocycles. The lowest BCUT2D eigenvalue weighted by molar-refractivity contribution is -0.122. The van der Waals surface area contributed by atoms with Gasteiger partial charge in [0, 0.05) is 32.0 Å². The van der Waals surface area contributed by atoms with E-state index in [0.29, 0.717) is 11.8 Å². The normalized spacial score (nSPS) is 39.3. The third kappa shape index (κ3) is 2.81. The van der Waals surface area contributed by atoms with E-state index in [-0.39, 0.29) is 0 Å². The Bertz CT molecular complexity index is 229. The van der Waals surface area contributed by atoms with Gasteiger partial charge in [-0.25, -0.2) is 0 Å². The van der Waals surface area contributed by atoms with Gasteiger partial charge in [-0.2, -0.15) is 0 Å². The van der Waals surface area contributed by atoms with Gasteiger partial charge in [0.2, 0.25) is 0 Å². The van der Waals surface area contributed by atoms with Crippen molar-refractivity contribution < 1.29 is 4.79 Å². The zero-order valence-electron chi connectivity index (χ0n) is 10.0. The van der Waals surface area contributed by atoms with Gasteiger partial charge in [-0.05, 0) is 31.1 Å². The molecule has 3 unspecified atom stereocenters. The van der Waals surface area contributed by atoms with Gasteiger partial charge in [-0.15, -0.1) is 0 Å². The number of carbonyl (C=O) groups excluding carboxylic acids is 1. The fourth-order valence-corrected chi connectivity index (χ4v) is 3.32. The maximum Gasteiger partial charge on any atom is 0.134 e. The molecule has 2 heteroatoms. The molecule has 2 fully saturated rings. The number of Topliss-reactive ketones (excluding diaryl/α,β-unsaturated/α-hetero) is 1. The van der Waals surface area contributed by atoms with Gasteiger partial charge in [0.1, 0.15) is 5.78 Å². The molecule has 0 amide bonds. The number of nitrogens with zero attached hydrogens (tertiary/aromatic N) is 1. The van der Waals surface area contributed by atoms with Crippen LogP contribution >= 0.6 is 0 Å². The van der Waals surface area contributed by atoms with Crippen molar-refractivity contribution in [3.05, 3.63) is 0 Å². The predicted octanol–water partition coefficient (Wildman–Crippen LogP) is 2.48. The van der Waals surface area contributed by atoms with Crippen LogP contribution in [0.15, 0.2) is 0 Å². The van der Waals surface area contributed by atoms with E-state index < -0.39 is 0 Å². The fraction of sp³-hybridized carbons (Fsp3) is 0.923. The number of ketones is 1. The first kappa shape index (κ1) is 11.1. The van der Waals surface area contributed by atoms with Crippen LogP contribution in [0, 0.1) is 11.8 Å². The van der Waals surface area contributed by atoms with E-state index in [1.54, 1.807) is 0 Å². The largest absolute Gasteiger partial charge is 0.300 e. The molecule has 86 valence electrons. The van der Waals surface area contributed by atoms with Crippen molar-refractivity contribution >= 4 is 5.78 Å². The Kier molecular flexibility index (Phi) is 3.45. The standard InChI is InChI=1S/C13H23NO/c1-10-6-11(2)9-14(8-10)12-4-3-5-13(15)7-12/h10-12H,3-9H2,1-2H3. The number of hydrogen-bond acceptors (Lipinski definition) is 2. The number of piperidine rings is 1. The summed E-state index contributed by atoms with van der Waals surface area (Å²) in [5, 5.41) is 0. The van der Waals surface area contributed by atoms with E-state index in [1.807, 2.05) is 0 Å². The van der Waals surface area contributed by atoms with Crippen LogP contribution in [0.2, 0.25) is 0 Å². The average molecular weight is 209 g/mol. The topological polar surface area (TPSA) is 20.3 Å². The van der Waals surface area contributed by atoms with E-state index in [9.17, 15) is 4.79 Å². The first-order valence-electron chi connectivity index (χ1n) is 6.41. The zero-order valence-corrected chi connectivity index (χ0v) is 10.0. The molecule has 15 heavy (non-hydrogen) atoms. The molecule has 1 saturated carbocycles. The highest BCUT2D eigenvalue weighted by Crippen LogP contribution is 2.27. The molecule has 0 spiro atoms. The first-order valence-corrected chi connectivity index (χ1v) is 6.41. The van der Waals surface area contributed by atoms with E-state index in [0.717, 1.165) is 31.1 Å². The Morgan fingerprint density at radius 1 is 1.20 bits per heavy atom. The number of hydrogen-bond donors (Lipinski definition) is 0. The van der Waals surface area contributed by atoms with Gasteiger partial charge in [-0.3, -0.25) is 9.69 Å². The lowest BCUT2D eigenvalue weighted by Gasteiger charge is -2.41. The molecule has 2 rings (SSSR count). The highest BCUT2D eigenvalue weighted by Gasteiger charge is 2.30. The molecule has 0 aromatic carbocycles. The van der Waals surface area contributed by atoms with Crippen LogP contribution < -0.4 is 0 Å². The molecule has 2 aliphatic rings. The third-order valence-electron chi connectivity index (χ3n) is 3.87. The number of carbonyl (C=O) groups is 1. The summed E-state index contributed by atoms with van der Waals surface area (Å²) in [6, 6.07) is 0.566. The van der Waals surface area contributed by atoms with Crippen LogP contribution in [-0.2, 0) is 4.79 Å². The van der Waals surface area contributed by atoms with Crippen LogP contribution in [0.4, 0.5) is 0 Å². The number of rotatable bonds is 1. The minimum absolute atomic E-state index is 0.483. The smallest absolute Gasteiger partial charge is 0.134 e. The lowest BCUT2D eigenvalue weighted by atomic mass is 9.87. The minimum atomic E-state index is 0.483. The molecule has 0 aromatic heterocycles. The van der Waals surface area contributed by atoms with Crippen molar-refractivity contribution in [1.29, 1.82) is 0 Å². The van der Waals surface area contributed by atoms with Crippen LogP contribution in [-0.4, -0.2) is 29.8 Å². The van der Waals surface area contributed by atoms with Crippen molar-refractivity contribution in [2.45, 2.75) is 52.0 Å². The summed E-state index contributed by atoms with van der Waals surface area (Å²) in [6.45, 7) is 7.10. The van der Waals surface area contributed by atoms with E-state index >= 15 is 0 Å². The maximum absolute atomic E-state index is 11.5. The highest BCUT2D eigenvalue weighted by molar-refractivity contribution is 5.79. The second-order valence-electron chi connectivity index (χ2n) is 5.69. The number of likely N-dealkylation sites (tertiary alicyclic amines) is 1. The van der Waals surface area contributed by atoms with Crippen molar-refractivity contribution in [3.63, 3.8) is 0 Å². The van der Waals surface area contributed by atoms with Crippen molar-refractivity contribution in [1.82, 2.24) is 4.90 Å². The maximum atomic E-state index is 11.5. The molecule has 0 aromatic rings. The lowest BCUT2D eigenvalue weighted by Crippen LogP contribution is -2.46. The predicted molar refractivity (Wildman–Crippen MR) is 61.8 cm³/mol. The summed E-state index contributed by atoms with van der Waals surface area (Å²) in [5.41, 5.74) is 0. The molecule has 0 N–H and O–H groups in total. The van der Waals surface area contributed by atoms with Crippen LogP contribution in [0.5, 0.6) is 0 Å². The molecule has 2 nitrogen and oxygen atoms in total. The summed E-state index contributed by atoms with van der Waals surface area (Å²) in [5.74, 6) is 2.11. The van der Waals surface area contributed by atoms with Crippen molar-refractivity contribution in [2.24, 2.45) is 11.8 Å². The molecule has 1 saturated heterocycles. The fourth-order valence-electron chi connectivity index (χ4n) is 3.32. The van der Waals surface area contributed by atoms with Gasteiger partial charge >= 0.3 is 0 Å². The van der Waals surface area contributed by atoms with Gasteiger partial charge in [0.15, 0.2) is 0 Å². The van der Waals surface area contributed by atoms with Crippen molar-refractivity contribution in [3.8, 4) is 0 Å². The Balaban J connectivity index is 1.93. The van der Waals surface area contributed by atoms with Crippen LogP contribution in [0.25, 0.3) is 0 Å². The summed E-state index contributed by atoms with van der Waals surface area (Å²) >= 11 is 0. The minimum Gasteiger partial charge on any atom is -0.300 e. The van der Waals surface area contributed by atoms with Gasteiger partial charge in [-0.1, -0.05) is 13.8 Å². The SMILES string of the molecule is CC1CC(C)CN(C2CCCC(=O)C2)C1. The average Bonchev–Trinajstić information content (AvgIpc) is 2.16. The molecular formula is C13H23NO. The second-order valence-corrected chi connectivity index (χ2v) is 5.69. The second kappa shape index (κ2) is 4.65. The Labute approximate surface area is 93.0 Å². The third-order valence-corrected chi connectivity index (χ3v) is 3.87. The summed E-state index contributed by atoms with van der Waals surface area (Å²) in [7, 11) is 0. The van der Waals surface area contributed by atoms with E-state index in [4.69, 9.17) is 0 Å². The summed E-state index contributed by atoms with van der Waals surface area (Å²) in [6.07, 6.45) is 5.36. The van der Waals surface area contributed by atoms with E-state index in [1.165, 1.54) is 25.9 Å². The van der Waals surface area contributed by atoms with Gasteiger partial charge in [0.05, 0.1) is 0 Å². The molecular weight excluding hydrogens is 186 g/mol. The van der Waals surface area contributed by atoms with Crippen molar-refractivity contribution in [2.75, 3.05) is 13.1 Å². The molecule has 1 heterocycles. The van der Waals surface area contributed by atoms with Gasteiger partial charge < -0.3 is 0 Å². The first-order chi connectivity index (χ1) is 7.15.